The molecule has 3 aliphatic carbocycles. The van der Waals surface area contributed by atoms with E-state index in [0.717, 1.165) is 35.1 Å². The van der Waals surface area contributed by atoms with Gasteiger partial charge in [0.15, 0.2) is 23.1 Å². The fourth-order valence-corrected chi connectivity index (χ4v) is 6.87. The molecule has 42 heavy (non-hydrogen) atoms. The summed E-state index contributed by atoms with van der Waals surface area (Å²) in [4.78, 5) is 29.2. The number of hydrogen-bond donors (Lipinski definition) is 0. The first-order chi connectivity index (χ1) is 20.4. The molecule has 0 bridgehead atoms. The van der Waals surface area contributed by atoms with Crippen LogP contribution in [0.4, 0.5) is 8.78 Å². The third-order valence-corrected chi connectivity index (χ3v) is 8.94. The van der Waals surface area contributed by atoms with Gasteiger partial charge in [0.2, 0.25) is 5.43 Å². The third-order valence-electron chi connectivity index (χ3n) is 8.94. The zero-order chi connectivity index (χ0) is 28.6. The Bertz CT molecular complexity index is 1860. The van der Waals surface area contributed by atoms with Crippen LogP contribution in [-0.2, 0) is 18.6 Å². The topological polar surface area (TPSA) is 54.8 Å². The molecule has 1 unspecified atom stereocenters. The number of benzene rings is 3. The van der Waals surface area contributed by atoms with Gasteiger partial charge in [0.1, 0.15) is 18.8 Å². The Morgan fingerprint density at radius 3 is 2.48 bits per heavy atom. The summed E-state index contributed by atoms with van der Waals surface area (Å²) in [7, 11) is 0. The average Bonchev–Trinajstić information content (AvgIpc) is 3.69. The van der Waals surface area contributed by atoms with Gasteiger partial charge in [-0.15, -0.1) is 0 Å². The van der Waals surface area contributed by atoms with E-state index in [-0.39, 0.29) is 30.6 Å². The van der Waals surface area contributed by atoms with E-state index in [0.29, 0.717) is 30.0 Å². The van der Waals surface area contributed by atoms with Gasteiger partial charge in [-0.05, 0) is 70.7 Å². The summed E-state index contributed by atoms with van der Waals surface area (Å²) in [5.41, 5.74) is 3.80. The zero-order valence-corrected chi connectivity index (χ0v) is 22.7. The largest absolute Gasteiger partial charge is 0.482 e. The number of carbonyl (C=O) groups is 1. The normalized spacial score (nSPS) is 20.1. The number of ether oxygens (including phenoxy) is 1. The van der Waals surface area contributed by atoms with Gasteiger partial charge >= 0.3 is 0 Å². The van der Waals surface area contributed by atoms with Crippen molar-refractivity contribution in [3.05, 3.63) is 140 Å². The van der Waals surface area contributed by atoms with Gasteiger partial charge in [0, 0.05) is 18.8 Å². The summed E-state index contributed by atoms with van der Waals surface area (Å²) in [5, 5.41) is 2.03. The summed E-state index contributed by atoms with van der Waals surface area (Å²) in [6, 6.07) is 21.4. The van der Waals surface area contributed by atoms with Gasteiger partial charge in [-0.25, -0.2) is 8.78 Å². The molecular weight excluding hydrogens is 536 g/mol. The summed E-state index contributed by atoms with van der Waals surface area (Å²) in [6.45, 7) is 0.862. The highest BCUT2D eigenvalue weighted by Gasteiger charge is 2.56. The summed E-state index contributed by atoms with van der Waals surface area (Å²) < 4.78 is 37.3. The fourth-order valence-electron chi connectivity index (χ4n) is 6.87. The first-order valence-corrected chi connectivity index (χ1v) is 14.2. The SMILES string of the molecule is O=C1c2c(OCc3ccccc3)c(=O)ccn2N(C23C(=Cc4ccccc42)Cc2cc(F)c(F)cc23)CN1CC1CC1. The molecular formula is C34H27F2N3O3. The Hall–Kier alpha value is -4.72. The van der Waals surface area contributed by atoms with Crippen molar-refractivity contribution >= 4 is 12.0 Å². The molecule has 210 valence electrons. The van der Waals surface area contributed by atoms with E-state index in [9.17, 15) is 18.4 Å². The second kappa shape index (κ2) is 9.14. The summed E-state index contributed by atoms with van der Waals surface area (Å²) in [5.74, 6) is -1.72. The number of amides is 1. The first kappa shape index (κ1) is 25.0. The minimum atomic E-state index is -1.01. The van der Waals surface area contributed by atoms with Crippen molar-refractivity contribution in [3.63, 3.8) is 0 Å². The second-order valence-corrected chi connectivity index (χ2v) is 11.6. The highest BCUT2D eigenvalue weighted by atomic mass is 19.2. The maximum atomic E-state index is 15.0. The van der Waals surface area contributed by atoms with Crippen molar-refractivity contribution in [2.75, 3.05) is 18.2 Å². The van der Waals surface area contributed by atoms with Gasteiger partial charge in [-0.1, -0.05) is 60.7 Å². The van der Waals surface area contributed by atoms with Crippen LogP contribution in [-0.4, -0.2) is 28.7 Å². The Kier molecular flexibility index (Phi) is 5.45. The lowest BCUT2D eigenvalue weighted by molar-refractivity contribution is 0.0655. The molecule has 3 aromatic carbocycles. The van der Waals surface area contributed by atoms with E-state index >= 15 is 0 Å². The van der Waals surface area contributed by atoms with Gasteiger partial charge in [-0.2, -0.15) is 0 Å². The molecule has 0 radical (unpaired) electrons. The van der Waals surface area contributed by atoms with Crippen LogP contribution in [0.25, 0.3) is 6.08 Å². The number of fused-ring (bicyclic) bond motifs is 6. The van der Waals surface area contributed by atoms with Crippen molar-refractivity contribution in [2.24, 2.45) is 5.92 Å². The van der Waals surface area contributed by atoms with Crippen molar-refractivity contribution < 1.29 is 18.3 Å². The smallest absolute Gasteiger partial charge is 0.277 e. The number of carbonyl (C=O) groups excluding carboxylic acids is 1. The molecule has 0 N–H and O–H groups in total. The lowest BCUT2D eigenvalue weighted by Gasteiger charge is -2.49. The van der Waals surface area contributed by atoms with Gasteiger partial charge in [0.25, 0.3) is 5.91 Å². The van der Waals surface area contributed by atoms with Crippen LogP contribution in [0.5, 0.6) is 5.75 Å². The molecule has 1 saturated carbocycles. The summed E-state index contributed by atoms with van der Waals surface area (Å²) >= 11 is 0. The lowest BCUT2D eigenvalue weighted by atomic mass is 9.83. The van der Waals surface area contributed by atoms with E-state index < -0.39 is 22.6 Å². The maximum Gasteiger partial charge on any atom is 0.277 e. The first-order valence-electron chi connectivity index (χ1n) is 14.2. The quantitative estimate of drug-likeness (QED) is 0.317. The van der Waals surface area contributed by atoms with Crippen LogP contribution in [0.1, 0.15) is 51.1 Å². The van der Waals surface area contributed by atoms with Crippen LogP contribution in [0.15, 0.2) is 89.4 Å². The molecule has 4 aliphatic rings. The van der Waals surface area contributed by atoms with Gasteiger partial charge in [-0.3, -0.25) is 19.3 Å². The average molecular weight is 564 g/mol. The molecule has 4 aromatic rings. The van der Waals surface area contributed by atoms with Crippen molar-refractivity contribution in [1.29, 1.82) is 0 Å². The van der Waals surface area contributed by atoms with Crippen LogP contribution in [0, 0.1) is 17.6 Å². The number of hydrogen-bond acceptors (Lipinski definition) is 4. The predicted octanol–water partition coefficient (Wildman–Crippen LogP) is 5.36. The van der Waals surface area contributed by atoms with Crippen molar-refractivity contribution in [1.82, 2.24) is 9.58 Å². The predicted molar refractivity (Wildman–Crippen MR) is 154 cm³/mol. The minimum absolute atomic E-state index is 0.0198. The highest BCUT2D eigenvalue weighted by Crippen LogP contribution is 2.56. The summed E-state index contributed by atoms with van der Waals surface area (Å²) in [6.07, 6.45) is 6.19. The number of rotatable bonds is 6. The fraction of sp³-hybridized carbons (Fsp3) is 0.235. The number of nitrogens with zero attached hydrogens (tertiary/aromatic N) is 3. The Labute approximate surface area is 241 Å². The molecule has 8 rings (SSSR count). The Morgan fingerprint density at radius 1 is 0.905 bits per heavy atom. The molecule has 2 heterocycles. The maximum absolute atomic E-state index is 15.0. The monoisotopic (exact) mass is 563 g/mol. The van der Waals surface area contributed by atoms with E-state index in [1.165, 1.54) is 18.2 Å². The number of halogens is 2. The van der Waals surface area contributed by atoms with Gasteiger partial charge in [0.05, 0.1) is 0 Å². The van der Waals surface area contributed by atoms with Crippen LogP contribution in [0.3, 0.4) is 0 Å². The molecule has 1 aliphatic heterocycles. The molecule has 0 spiro atoms. The van der Waals surface area contributed by atoms with E-state index in [1.807, 2.05) is 59.6 Å². The molecule has 1 atom stereocenters. The molecule has 1 amide bonds. The van der Waals surface area contributed by atoms with E-state index in [1.54, 1.807) is 15.8 Å². The van der Waals surface area contributed by atoms with Crippen molar-refractivity contribution in [3.8, 4) is 5.75 Å². The lowest BCUT2D eigenvalue weighted by Crippen LogP contribution is -2.62. The van der Waals surface area contributed by atoms with Crippen molar-refractivity contribution in [2.45, 2.75) is 31.4 Å². The van der Waals surface area contributed by atoms with Crippen LogP contribution in [0.2, 0.25) is 0 Å². The number of aromatic nitrogens is 1. The van der Waals surface area contributed by atoms with Crippen LogP contribution < -0.4 is 15.2 Å². The van der Waals surface area contributed by atoms with E-state index in [4.69, 9.17) is 4.74 Å². The molecule has 1 aromatic heterocycles. The third kappa shape index (κ3) is 3.60. The zero-order valence-electron chi connectivity index (χ0n) is 22.7. The molecule has 8 heteroatoms. The Morgan fingerprint density at radius 2 is 1.67 bits per heavy atom. The standard InChI is InChI=1S/C34H27F2N3O3/c35-28-16-24-15-25-14-23-8-4-5-9-26(23)34(25,27(24)17-29(28)36)39-20-37(18-21-10-11-21)33(41)31-32(30(40)12-13-38(31)39)42-19-22-6-2-1-3-7-22/h1-9,12-14,16-17,21H,10-11,15,18-20H2. The molecule has 0 saturated heterocycles. The Balaban J connectivity index is 1.36. The highest BCUT2D eigenvalue weighted by molar-refractivity contribution is 5.96. The second-order valence-electron chi connectivity index (χ2n) is 11.6. The molecule has 6 nitrogen and oxygen atoms in total. The van der Waals surface area contributed by atoms with E-state index in [2.05, 4.69) is 6.08 Å². The van der Waals surface area contributed by atoms with Gasteiger partial charge < -0.3 is 9.64 Å². The molecule has 1 fully saturated rings. The van der Waals surface area contributed by atoms with Crippen LogP contribution >= 0.6 is 0 Å². The minimum Gasteiger partial charge on any atom is -0.482 e. The number of pyridine rings is 1.